The lowest BCUT2D eigenvalue weighted by Gasteiger charge is -2.12. The summed E-state index contributed by atoms with van der Waals surface area (Å²) in [5.41, 5.74) is 3.02. The average Bonchev–Trinajstić information content (AvgIpc) is 3.10. The Morgan fingerprint density at radius 1 is 1.13 bits per heavy atom. The third-order valence-electron chi connectivity index (χ3n) is 4.70. The van der Waals surface area contributed by atoms with Crippen LogP contribution in [0.1, 0.15) is 23.8 Å². The number of aliphatic hydroxyl groups excluding tert-OH is 1. The molecule has 0 amide bonds. The molecule has 31 heavy (non-hydrogen) atoms. The van der Waals surface area contributed by atoms with Crippen molar-refractivity contribution in [3.8, 4) is 11.5 Å². The zero-order valence-corrected chi connectivity index (χ0v) is 20.4. The fraction of sp³-hybridized carbons (Fsp3) is 0.348. The van der Waals surface area contributed by atoms with Crippen molar-refractivity contribution in [2.45, 2.75) is 26.9 Å². The summed E-state index contributed by atoms with van der Waals surface area (Å²) in [6.07, 6.45) is 0. The van der Waals surface area contributed by atoms with Gasteiger partial charge < -0.3 is 29.6 Å². The summed E-state index contributed by atoms with van der Waals surface area (Å²) >= 11 is 0. The van der Waals surface area contributed by atoms with Crippen molar-refractivity contribution in [3.63, 3.8) is 0 Å². The number of furan rings is 1. The zero-order valence-electron chi connectivity index (χ0n) is 18.1. The van der Waals surface area contributed by atoms with Crippen LogP contribution in [0, 0.1) is 6.92 Å². The number of rotatable bonds is 9. The summed E-state index contributed by atoms with van der Waals surface area (Å²) in [5, 5.41) is 16.7. The SMILES string of the molecule is CCNC(=NCc1ccc(OCCO)c(OC)c1)NCc1oc2ccccc2c1C.I. The molecule has 3 rings (SSSR count). The number of ether oxygens (including phenoxy) is 2. The molecule has 2 aromatic carbocycles. The highest BCUT2D eigenvalue weighted by Gasteiger charge is 2.10. The fourth-order valence-corrected chi connectivity index (χ4v) is 3.15. The molecule has 3 N–H and O–H groups in total. The maximum atomic E-state index is 8.93. The molecule has 1 aromatic heterocycles. The van der Waals surface area contributed by atoms with Crippen LogP contribution < -0.4 is 20.1 Å². The molecule has 7 nitrogen and oxygen atoms in total. The maximum Gasteiger partial charge on any atom is 0.191 e. The lowest BCUT2D eigenvalue weighted by molar-refractivity contribution is 0.196. The Kier molecular flexibility index (Phi) is 9.93. The summed E-state index contributed by atoms with van der Waals surface area (Å²) in [7, 11) is 1.59. The summed E-state index contributed by atoms with van der Waals surface area (Å²) < 4.78 is 16.8. The van der Waals surface area contributed by atoms with Gasteiger partial charge in [-0.15, -0.1) is 24.0 Å². The van der Waals surface area contributed by atoms with Crippen LogP contribution in [-0.2, 0) is 13.1 Å². The highest BCUT2D eigenvalue weighted by molar-refractivity contribution is 14.0. The number of halogens is 1. The van der Waals surface area contributed by atoms with Crippen LogP contribution in [0.3, 0.4) is 0 Å². The van der Waals surface area contributed by atoms with Crippen LogP contribution in [0.15, 0.2) is 51.9 Å². The first kappa shape index (κ1) is 24.8. The zero-order chi connectivity index (χ0) is 21.3. The van der Waals surface area contributed by atoms with Crippen LogP contribution >= 0.6 is 24.0 Å². The Morgan fingerprint density at radius 2 is 1.94 bits per heavy atom. The Hall–Kier alpha value is -2.46. The second kappa shape index (κ2) is 12.4. The topological polar surface area (TPSA) is 88.3 Å². The first-order valence-corrected chi connectivity index (χ1v) is 10.1. The molecule has 0 fully saturated rings. The van der Waals surface area contributed by atoms with E-state index in [1.807, 2.05) is 43.3 Å². The number of aliphatic hydroxyl groups is 1. The molecule has 0 aliphatic rings. The van der Waals surface area contributed by atoms with Gasteiger partial charge in [-0.25, -0.2) is 4.99 Å². The fourth-order valence-electron chi connectivity index (χ4n) is 3.15. The molecule has 0 radical (unpaired) electrons. The molecule has 8 heteroatoms. The number of para-hydroxylation sites is 1. The molecule has 0 saturated heterocycles. The van der Waals surface area contributed by atoms with E-state index in [0.29, 0.717) is 30.5 Å². The molecular formula is C23H30IN3O4. The van der Waals surface area contributed by atoms with E-state index in [9.17, 15) is 0 Å². The number of fused-ring (bicyclic) bond motifs is 1. The van der Waals surface area contributed by atoms with E-state index in [4.69, 9.17) is 19.0 Å². The quantitative estimate of drug-likeness (QED) is 0.217. The molecule has 3 aromatic rings. The lowest BCUT2D eigenvalue weighted by atomic mass is 10.1. The summed E-state index contributed by atoms with van der Waals surface area (Å²) in [6, 6.07) is 13.7. The predicted octanol–water partition coefficient (Wildman–Crippen LogP) is 3.99. The molecule has 168 valence electrons. The Morgan fingerprint density at radius 3 is 2.65 bits per heavy atom. The van der Waals surface area contributed by atoms with Crippen LogP contribution in [0.4, 0.5) is 0 Å². The normalized spacial score (nSPS) is 11.2. The van der Waals surface area contributed by atoms with Gasteiger partial charge in [-0.1, -0.05) is 24.3 Å². The van der Waals surface area contributed by atoms with E-state index >= 15 is 0 Å². The van der Waals surface area contributed by atoms with Gasteiger partial charge in [0.25, 0.3) is 0 Å². The number of guanidine groups is 1. The van der Waals surface area contributed by atoms with Gasteiger partial charge in [0.15, 0.2) is 17.5 Å². The van der Waals surface area contributed by atoms with E-state index < -0.39 is 0 Å². The third-order valence-corrected chi connectivity index (χ3v) is 4.70. The van der Waals surface area contributed by atoms with E-state index in [2.05, 4.69) is 28.6 Å². The number of nitrogens with zero attached hydrogens (tertiary/aromatic N) is 1. The Balaban J connectivity index is 0.00000341. The molecular weight excluding hydrogens is 509 g/mol. The summed E-state index contributed by atoms with van der Waals surface area (Å²) in [4.78, 5) is 4.67. The number of hydrogen-bond donors (Lipinski definition) is 3. The molecule has 1 heterocycles. The predicted molar refractivity (Wildman–Crippen MR) is 134 cm³/mol. The summed E-state index contributed by atoms with van der Waals surface area (Å²) in [6.45, 7) is 6.05. The van der Waals surface area contributed by atoms with Crippen LogP contribution in [0.25, 0.3) is 11.0 Å². The Labute approximate surface area is 199 Å². The minimum Gasteiger partial charge on any atom is -0.493 e. The van der Waals surface area contributed by atoms with Crippen LogP contribution in [-0.4, -0.2) is 37.9 Å². The van der Waals surface area contributed by atoms with E-state index in [0.717, 1.165) is 34.4 Å². The third kappa shape index (κ3) is 6.51. The molecule has 0 saturated carbocycles. The summed E-state index contributed by atoms with van der Waals surface area (Å²) in [5.74, 6) is 2.82. The van der Waals surface area contributed by atoms with Crippen molar-refractivity contribution in [2.24, 2.45) is 4.99 Å². The molecule has 0 unspecified atom stereocenters. The van der Waals surface area contributed by atoms with E-state index in [-0.39, 0.29) is 37.2 Å². The van der Waals surface area contributed by atoms with Crippen molar-refractivity contribution in [1.29, 1.82) is 0 Å². The van der Waals surface area contributed by atoms with Crippen molar-refractivity contribution in [3.05, 3.63) is 59.4 Å². The molecule has 0 bridgehead atoms. The number of aliphatic imine (C=N–C) groups is 1. The minimum absolute atomic E-state index is 0. The maximum absolute atomic E-state index is 8.93. The largest absolute Gasteiger partial charge is 0.493 e. The highest BCUT2D eigenvalue weighted by Crippen LogP contribution is 2.28. The van der Waals surface area contributed by atoms with Crippen molar-refractivity contribution < 1.29 is 19.0 Å². The molecule has 0 aliphatic carbocycles. The van der Waals surface area contributed by atoms with Crippen molar-refractivity contribution >= 4 is 40.9 Å². The smallest absolute Gasteiger partial charge is 0.191 e. The van der Waals surface area contributed by atoms with Gasteiger partial charge in [0.05, 0.1) is 26.8 Å². The van der Waals surface area contributed by atoms with Gasteiger partial charge in [-0.3, -0.25) is 0 Å². The second-order valence-corrected chi connectivity index (χ2v) is 6.75. The van der Waals surface area contributed by atoms with Crippen molar-refractivity contribution in [2.75, 3.05) is 26.9 Å². The van der Waals surface area contributed by atoms with Gasteiger partial charge in [-0.05, 0) is 37.6 Å². The standard InChI is InChI=1S/C23H29N3O4.HI/c1-4-24-23(26-15-22-16(2)18-7-5-6-8-19(18)30-22)25-14-17-9-10-20(29-12-11-27)21(13-17)28-3;/h5-10,13,27H,4,11-12,14-15H2,1-3H3,(H2,24,25,26);1H. The molecule has 0 atom stereocenters. The van der Waals surface area contributed by atoms with E-state index in [1.54, 1.807) is 7.11 Å². The number of hydrogen-bond acceptors (Lipinski definition) is 5. The number of nitrogens with one attached hydrogen (secondary N) is 2. The van der Waals surface area contributed by atoms with Crippen LogP contribution in [0.2, 0.25) is 0 Å². The number of benzene rings is 2. The van der Waals surface area contributed by atoms with Gasteiger partial charge in [0.1, 0.15) is 18.0 Å². The first-order chi connectivity index (χ1) is 14.7. The number of aryl methyl sites for hydroxylation is 1. The molecule has 0 spiro atoms. The minimum atomic E-state index is -0.0440. The lowest BCUT2D eigenvalue weighted by Crippen LogP contribution is -2.36. The monoisotopic (exact) mass is 539 g/mol. The van der Waals surface area contributed by atoms with Gasteiger partial charge >= 0.3 is 0 Å². The highest BCUT2D eigenvalue weighted by atomic mass is 127. The second-order valence-electron chi connectivity index (χ2n) is 6.75. The van der Waals surface area contributed by atoms with Gasteiger partial charge in [0, 0.05) is 17.5 Å². The van der Waals surface area contributed by atoms with Gasteiger partial charge in [-0.2, -0.15) is 0 Å². The van der Waals surface area contributed by atoms with E-state index in [1.165, 1.54) is 0 Å². The Bertz CT molecular complexity index is 1000. The van der Waals surface area contributed by atoms with Crippen LogP contribution in [0.5, 0.6) is 11.5 Å². The average molecular weight is 539 g/mol. The molecule has 0 aliphatic heterocycles. The van der Waals surface area contributed by atoms with Crippen molar-refractivity contribution in [1.82, 2.24) is 10.6 Å². The number of methoxy groups -OCH3 is 1. The van der Waals surface area contributed by atoms with Gasteiger partial charge in [0.2, 0.25) is 0 Å². The first-order valence-electron chi connectivity index (χ1n) is 10.1.